The van der Waals surface area contributed by atoms with Gasteiger partial charge in [-0.1, -0.05) is 26.0 Å². The molecule has 0 aliphatic rings. The number of aliphatic carboxylic acids is 1. The van der Waals surface area contributed by atoms with Gasteiger partial charge in [-0.2, -0.15) is 0 Å². The van der Waals surface area contributed by atoms with Gasteiger partial charge in [0, 0.05) is 13.0 Å². The summed E-state index contributed by atoms with van der Waals surface area (Å²) in [5.74, 6) is -0.389. The summed E-state index contributed by atoms with van der Waals surface area (Å²) in [5.41, 5.74) is 1.06. The summed E-state index contributed by atoms with van der Waals surface area (Å²) in [6.07, 6.45) is 1.54. The Morgan fingerprint density at radius 3 is 2.39 bits per heavy atom. The van der Waals surface area contributed by atoms with Crippen LogP contribution in [0.25, 0.3) is 0 Å². The zero-order chi connectivity index (χ0) is 17.2. The van der Waals surface area contributed by atoms with Crippen LogP contribution in [0.4, 0.5) is 0 Å². The van der Waals surface area contributed by atoms with Gasteiger partial charge in [-0.15, -0.1) is 0 Å². The lowest BCUT2D eigenvalue weighted by Gasteiger charge is -2.15. The van der Waals surface area contributed by atoms with Crippen LogP contribution in [-0.2, 0) is 16.0 Å². The van der Waals surface area contributed by atoms with Gasteiger partial charge in [0.25, 0.3) is 0 Å². The number of carbonyl (C=O) groups is 2. The second kappa shape index (κ2) is 9.87. The quantitative estimate of drug-likeness (QED) is 0.695. The minimum atomic E-state index is -0.856. The van der Waals surface area contributed by atoms with Crippen molar-refractivity contribution >= 4 is 11.9 Å². The van der Waals surface area contributed by atoms with E-state index in [1.54, 1.807) is 0 Å². The molecule has 128 valence electrons. The molecular formula is C18H27NO4. The SMILES string of the molecule is CCOc1ccc(CCC(=O)NCC(CC(C)C)C(=O)O)cc1. The van der Waals surface area contributed by atoms with Crippen LogP contribution in [-0.4, -0.2) is 30.1 Å². The van der Waals surface area contributed by atoms with Crippen LogP contribution in [0.3, 0.4) is 0 Å². The molecule has 0 heterocycles. The molecule has 1 amide bonds. The first-order chi connectivity index (χ1) is 10.9. The van der Waals surface area contributed by atoms with Crippen LogP contribution < -0.4 is 10.1 Å². The summed E-state index contributed by atoms with van der Waals surface area (Å²) in [5, 5.41) is 11.9. The van der Waals surface area contributed by atoms with Crippen molar-refractivity contribution in [2.75, 3.05) is 13.2 Å². The maximum atomic E-state index is 11.9. The molecule has 0 aromatic heterocycles. The van der Waals surface area contributed by atoms with E-state index in [1.807, 2.05) is 45.0 Å². The molecule has 0 aliphatic carbocycles. The van der Waals surface area contributed by atoms with E-state index in [4.69, 9.17) is 9.84 Å². The van der Waals surface area contributed by atoms with E-state index in [0.29, 0.717) is 25.9 Å². The van der Waals surface area contributed by atoms with Gasteiger partial charge in [-0.05, 0) is 43.4 Å². The van der Waals surface area contributed by atoms with Gasteiger partial charge in [0.2, 0.25) is 5.91 Å². The molecule has 0 bridgehead atoms. The fourth-order valence-electron chi connectivity index (χ4n) is 2.34. The highest BCUT2D eigenvalue weighted by Gasteiger charge is 2.19. The molecule has 1 aromatic carbocycles. The number of hydrogen-bond donors (Lipinski definition) is 2. The van der Waals surface area contributed by atoms with E-state index in [2.05, 4.69) is 5.32 Å². The highest BCUT2D eigenvalue weighted by Crippen LogP contribution is 2.14. The normalized spacial score (nSPS) is 12.0. The minimum absolute atomic E-state index is 0.117. The van der Waals surface area contributed by atoms with Crippen LogP contribution in [0.15, 0.2) is 24.3 Å². The van der Waals surface area contributed by atoms with Crippen LogP contribution in [0, 0.1) is 11.8 Å². The number of benzene rings is 1. The Labute approximate surface area is 138 Å². The second-order valence-corrected chi connectivity index (χ2v) is 6.05. The van der Waals surface area contributed by atoms with Crippen LogP contribution >= 0.6 is 0 Å². The molecule has 0 fully saturated rings. The molecule has 5 heteroatoms. The van der Waals surface area contributed by atoms with E-state index < -0.39 is 11.9 Å². The molecule has 1 atom stereocenters. The molecule has 0 saturated heterocycles. The average molecular weight is 321 g/mol. The molecular weight excluding hydrogens is 294 g/mol. The molecule has 23 heavy (non-hydrogen) atoms. The van der Waals surface area contributed by atoms with E-state index in [-0.39, 0.29) is 18.4 Å². The molecule has 2 N–H and O–H groups in total. The Morgan fingerprint density at radius 2 is 1.87 bits per heavy atom. The molecule has 1 unspecified atom stereocenters. The number of nitrogens with one attached hydrogen (secondary N) is 1. The molecule has 5 nitrogen and oxygen atoms in total. The molecule has 1 rings (SSSR count). The molecule has 0 saturated carbocycles. The maximum absolute atomic E-state index is 11.9. The van der Waals surface area contributed by atoms with E-state index >= 15 is 0 Å². The maximum Gasteiger partial charge on any atom is 0.308 e. The first-order valence-corrected chi connectivity index (χ1v) is 8.13. The van der Waals surface area contributed by atoms with Gasteiger partial charge >= 0.3 is 5.97 Å². The Balaban J connectivity index is 2.37. The number of amides is 1. The number of ether oxygens (including phenoxy) is 1. The fraction of sp³-hybridized carbons (Fsp3) is 0.556. The fourth-order valence-corrected chi connectivity index (χ4v) is 2.34. The number of carbonyl (C=O) groups excluding carboxylic acids is 1. The zero-order valence-corrected chi connectivity index (χ0v) is 14.2. The summed E-state index contributed by atoms with van der Waals surface area (Å²) < 4.78 is 5.37. The third-order valence-corrected chi connectivity index (χ3v) is 3.53. The van der Waals surface area contributed by atoms with Crippen molar-refractivity contribution < 1.29 is 19.4 Å². The van der Waals surface area contributed by atoms with Crippen molar-refractivity contribution in [3.05, 3.63) is 29.8 Å². The van der Waals surface area contributed by atoms with E-state index in [0.717, 1.165) is 11.3 Å². The number of carboxylic acid groups (broad SMARTS) is 1. The van der Waals surface area contributed by atoms with Crippen molar-refractivity contribution in [1.29, 1.82) is 0 Å². The number of rotatable bonds is 10. The van der Waals surface area contributed by atoms with E-state index in [1.165, 1.54) is 0 Å². The summed E-state index contributed by atoms with van der Waals surface area (Å²) in [4.78, 5) is 23.0. The van der Waals surface area contributed by atoms with E-state index in [9.17, 15) is 9.59 Å². The third kappa shape index (κ3) is 7.68. The van der Waals surface area contributed by atoms with Crippen LogP contribution in [0.1, 0.15) is 39.2 Å². The monoisotopic (exact) mass is 321 g/mol. The largest absolute Gasteiger partial charge is 0.494 e. The Morgan fingerprint density at radius 1 is 1.22 bits per heavy atom. The van der Waals surface area contributed by atoms with Gasteiger partial charge in [0.05, 0.1) is 12.5 Å². The smallest absolute Gasteiger partial charge is 0.308 e. The highest BCUT2D eigenvalue weighted by atomic mass is 16.5. The zero-order valence-electron chi connectivity index (χ0n) is 14.2. The Kier molecular flexibility index (Phi) is 8.16. The number of aryl methyl sites for hydroxylation is 1. The third-order valence-electron chi connectivity index (χ3n) is 3.53. The highest BCUT2D eigenvalue weighted by molar-refractivity contribution is 5.77. The molecule has 0 aliphatic heterocycles. The Hall–Kier alpha value is -2.04. The molecule has 0 spiro atoms. The van der Waals surface area contributed by atoms with Gasteiger partial charge in [0.15, 0.2) is 0 Å². The van der Waals surface area contributed by atoms with Crippen molar-refractivity contribution in [2.45, 2.75) is 40.0 Å². The lowest BCUT2D eigenvalue weighted by molar-refractivity contribution is -0.142. The number of carboxylic acids is 1. The van der Waals surface area contributed by atoms with Gasteiger partial charge in [-0.25, -0.2) is 0 Å². The standard InChI is InChI=1S/C18H27NO4/c1-4-23-16-8-5-14(6-9-16)7-10-17(20)19-12-15(18(21)22)11-13(2)3/h5-6,8-9,13,15H,4,7,10-12H2,1-3H3,(H,19,20)(H,21,22). The van der Waals surface area contributed by atoms with Crippen molar-refractivity contribution in [1.82, 2.24) is 5.32 Å². The number of hydrogen-bond acceptors (Lipinski definition) is 3. The van der Waals surface area contributed by atoms with Gasteiger partial charge < -0.3 is 15.2 Å². The Bertz CT molecular complexity index is 496. The van der Waals surface area contributed by atoms with Crippen LogP contribution in [0.5, 0.6) is 5.75 Å². The van der Waals surface area contributed by atoms with Gasteiger partial charge in [-0.3, -0.25) is 9.59 Å². The van der Waals surface area contributed by atoms with Crippen molar-refractivity contribution in [2.24, 2.45) is 11.8 Å². The van der Waals surface area contributed by atoms with Crippen molar-refractivity contribution in [3.63, 3.8) is 0 Å². The predicted molar refractivity (Wildman–Crippen MR) is 89.5 cm³/mol. The lowest BCUT2D eigenvalue weighted by atomic mass is 9.97. The minimum Gasteiger partial charge on any atom is -0.494 e. The van der Waals surface area contributed by atoms with Gasteiger partial charge in [0.1, 0.15) is 5.75 Å². The average Bonchev–Trinajstić information content (AvgIpc) is 2.50. The lowest BCUT2D eigenvalue weighted by Crippen LogP contribution is -2.33. The topological polar surface area (TPSA) is 75.6 Å². The summed E-state index contributed by atoms with van der Waals surface area (Å²) in [6, 6.07) is 7.66. The first kappa shape index (κ1) is 19.0. The van der Waals surface area contributed by atoms with Crippen LogP contribution in [0.2, 0.25) is 0 Å². The summed E-state index contributed by atoms with van der Waals surface area (Å²) in [7, 11) is 0. The van der Waals surface area contributed by atoms with Crippen molar-refractivity contribution in [3.8, 4) is 5.75 Å². The molecule has 1 aromatic rings. The molecule has 0 radical (unpaired) electrons. The second-order valence-electron chi connectivity index (χ2n) is 6.05. The summed E-state index contributed by atoms with van der Waals surface area (Å²) >= 11 is 0. The predicted octanol–water partition coefficient (Wildman–Crippen LogP) is 2.88. The summed E-state index contributed by atoms with van der Waals surface area (Å²) in [6.45, 7) is 6.70. The first-order valence-electron chi connectivity index (χ1n) is 8.13.